The van der Waals surface area contributed by atoms with Crippen LogP contribution in [-0.2, 0) is 6.54 Å². The average Bonchev–Trinajstić information content (AvgIpc) is 2.81. The van der Waals surface area contributed by atoms with Crippen molar-refractivity contribution in [3.63, 3.8) is 0 Å². The molecule has 0 atom stereocenters. The van der Waals surface area contributed by atoms with Gasteiger partial charge in [-0.1, -0.05) is 5.16 Å². The highest BCUT2D eigenvalue weighted by Crippen LogP contribution is 2.18. The number of hydrogen-bond acceptors (Lipinski definition) is 8. The zero-order valence-electron chi connectivity index (χ0n) is 9.82. The van der Waals surface area contributed by atoms with E-state index in [1.54, 1.807) is 13.0 Å². The minimum Gasteiger partial charge on any atom is -0.363 e. The molecule has 2 rings (SSSR count). The van der Waals surface area contributed by atoms with E-state index < -0.39 is 4.92 Å². The Hall–Kier alpha value is -3.02. The number of hydrogen-bond donors (Lipinski definition) is 1. The molecule has 19 heavy (non-hydrogen) atoms. The number of nitrogens with one attached hydrogen (secondary N) is 1. The largest absolute Gasteiger partial charge is 0.363 e. The van der Waals surface area contributed by atoms with Gasteiger partial charge in [-0.3, -0.25) is 10.1 Å². The van der Waals surface area contributed by atoms with E-state index in [0.29, 0.717) is 17.5 Å². The summed E-state index contributed by atoms with van der Waals surface area (Å²) in [5, 5.41) is 25.9. The highest BCUT2D eigenvalue weighted by molar-refractivity contribution is 5.50. The second kappa shape index (κ2) is 5.09. The molecular weight excluding hydrogens is 252 g/mol. The van der Waals surface area contributed by atoms with Gasteiger partial charge in [0.05, 0.1) is 11.5 Å². The van der Waals surface area contributed by atoms with Crippen LogP contribution in [0, 0.1) is 28.4 Å². The van der Waals surface area contributed by atoms with Gasteiger partial charge in [0.15, 0.2) is 5.82 Å². The van der Waals surface area contributed by atoms with Crippen molar-refractivity contribution in [3.05, 3.63) is 39.7 Å². The maximum Gasteiger partial charge on any atom is 0.305 e. The predicted molar refractivity (Wildman–Crippen MR) is 62.0 cm³/mol. The van der Waals surface area contributed by atoms with Crippen LogP contribution in [0.1, 0.15) is 17.4 Å². The molecule has 0 saturated heterocycles. The van der Waals surface area contributed by atoms with Crippen molar-refractivity contribution < 1.29 is 9.45 Å². The SMILES string of the molecule is Cc1nc(CNc2ccc([N+](=O)[O-])c(C#N)n2)no1. The van der Waals surface area contributed by atoms with Crippen LogP contribution in [0.25, 0.3) is 0 Å². The van der Waals surface area contributed by atoms with Crippen LogP contribution >= 0.6 is 0 Å². The summed E-state index contributed by atoms with van der Waals surface area (Å²) < 4.78 is 4.79. The van der Waals surface area contributed by atoms with Crippen molar-refractivity contribution in [1.82, 2.24) is 15.1 Å². The molecule has 2 aromatic rings. The van der Waals surface area contributed by atoms with Gasteiger partial charge in [-0.25, -0.2) is 4.98 Å². The van der Waals surface area contributed by atoms with Gasteiger partial charge < -0.3 is 9.84 Å². The molecule has 96 valence electrons. The van der Waals surface area contributed by atoms with E-state index >= 15 is 0 Å². The van der Waals surface area contributed by atoms with Crippen LogP contribution in [0.5, 0.6) is 0 Å². The first-order valence-corrected chi connectivity index (χ1v) is 5.18. The highest BCUT2D eigenvalue weighted by Gasteiger charge is 2.15. The number of nitro groups is 1. The number of nitriles is 1. The third-order valence-electron chi connectivity index (χ3n) is 2.17. The van der Waals surface area contributed by atoms with Gasteiger partial charge in [-0.05, 0) is 6.07 Å². The highest BCUT2D eigenvalue weighted by atomic mass is 16.6. The summed E-state index contributed by atoms with van der Waals surface area (Å²) in [4.78, 5) is 17.8. The van der Waals surface area contributed by atoms with Crippen LogP contribution in [0.15, 0.2) is 16.7 Å². The van der Waals surface area contributed by atoms with Crippen LogP contribution in [0.3, 0.4) is 0 Å². The van der Waals surface area contributed by atoms with Crippen molar-refractivity contribution in [2.24, 2.45) is 0 Å². The van der Waals surface area contributed by atoms with Crippen molar-refractivity contribution in [1.29, 1.82) is 5.26 Å². The molecule has 0 amide bonds. The molecule has 9 nitrogen and oxygen atoms in total. The Kier molecular flexibility index (Phi) is 3.33. The van der Waals surface area contributed by atoms with Crippen molar-refractivity contribution >= 4 is 11.5 Å². The summed E-state index contributed by atoms with van der Waals surface area (Å²) in [7, 11) is 0. The molecule has 1 N–H and O–H groups in total. The summed E-state index contributed by atoms with van der Waals surface area (Å²) in [6.45, 7) is 1.90. The first-order valence-electron chi connectivity index (χ1n) is 5.18. The summed E-state index contributed by atoms with van der Waals surface area (Å²) in [5.41, 5.74) is -0.581. The fourth-order valence-corrected chi connectivity index (χ4v) is 1.36. The molecular formula is C10H8N6O3. The Balaban J connectivity index is 2.14. The van der Waals surface area contributed by atoms with Gasteiger partial charge in [0, 0.05) is 13.0 Å². The maximum absolute atomic E-state index is 10.6. The molecule has 0 aliphatic rings. The molecule has 0 bridgehead atoms. The minimum absolute atomic E-state index is 0.243. The van der Waals surface area contributed by atoms with E-state index in [0.717, 1.165) is 0 Å². The number of rotatable bonds is 4. The van der Waals surface area contributed by atoms with Crippen molar-refractivity contribution in [2.75, 3.05) is 5.32 Å². The summed E-state index contributed by atoms with van der Waals surface area (Å²) in [5.74, 6) is 1.19. The lowest BCUT2D eigenvalue weighted by atomic mass is 10.3. The Labute approximate surface area is 107 Å². The molecule has 0 spiro atoms. The minimum atomic E-state index is -0.655. The quantitative estimate of drug-likeness (QED) is 0.639. The third-order valence-corrected chi connectivity index (χ3v) is 2.17. The first-order chi connectivity index (χ1) is 9.10. The Morgan fingerprint density at radius 1 is 1.53 bits per heavy atom. The number of pyridine rings is 1. The number of aromatic nitrogens is 3. The van der Waals surface area contributed by atoms with E-state index in [9.17, 15) is 10.1 Å². The molecule has 0 aliphatic carbocycles. The summed E-state index contributed by atoms with van der Waals surface area (Å²) in [6, 6.07) is 4.30. The van der Waals surface area contributed by atoms with Crippen LogP contribution in [0.4, 0.5) is 11.5 Å². The average molecular weight is 260 g/mol. The summed E-state index contributed by atoms with van der Waals surface area (Å²) >= 11 is 0. The standard InChI is InChI=1S/C10H8N6O3/c1-6-13-10(15-19-6)5-12-9-3-2-8(16(17)18)7(4-11)14-9/h2-3H,5H2,1H3,(H,12,14). The number of aryl methyl sites for hydroxylation is 1. The van der Waals surface area contributed by atoms with E-state index in [2.05, 4.69) is 20.4 Å². The van der Waals surface area contributed by atoms with E-state index in [4.69, 9.17) is 9.78 Å². The smallest absolute Gasteiger partial charge is 0.305 e. The zero-order valence-corrected chi connectivity index (χ0v) is 9.82. The van der Waals surface area contributed by atoms with Gasteiger partial charge in [-0.15, -0.1) is 0 Å². The van der Waals surface area contributed by atoms with Crippen LogP contribution < -0.4 is 5.32 Å². The van der Waals surface area contributed by atoms with Crippen molar-refractivity contribution in [3.8, 4) is 6.07 Å². The monoisotopic (exact) mass is 260 g/mol. The molecule has 0 saturated carbocycles. The summed E-state index contributed by atoms with van der Waals surface area (Å²) in [6.07, 6.45) is 0. The Morgan fingerprint density at radius 3 is 2.89 bits per heavy atom. The van der Waals surface area contributed by atoms with Gasteiger partial charge in [0.1, 0.15) is 11.9 Å². The number of nitrogens with zero attached hydrogens (tertiary/aromatic N) is 5. The second-order valence-corrected chi connectivity index (χ2v) is 3.52. The topological polar surface area (TPSA) is 131 Å². The van der Waals surface area contributed by atoms with Crippen LogP contribution in [-0.4, -0.2) is 20.0 Å². The molecule has 0 aliphatic heterocycles. The van der Waals surface area contributed by atoms with Gasteiger partial charge in [0.25, 0.3) is 0 Å². The van der Waals surface area contributed by atoms with Crippen molar-refractivity contribution in [2.45, 2.75) is 13.5 Å². The lowest BCUT2D eigenvalue weighted by Crippen LogP contribution is -2.05. The lowest BCUT2D eigenvalue weighted by Gasteiger charge is -2.02. The number of anilines is 1. The van der Waals surface area contributed by atoms with E-state index in [1.165, 1.54) is 12.1 Å². The van der Waals surface area contributed by atoms with Crippen LogP contribution in [0.2, 0.25) is 0 Å². The maximum atomic E-state index is 10.6. The van der Waals surface area contributed by atoms with Gasteiger partial charge >= 0.3 is 5.69 Å². The second-order valence-electron chi connectivity index (χ2n) is 3.52. The van der Waals surface area contributed by atoms with Gasteiger partial charge in [0.2, 0.25) is 11.6 Å². The molecule has 2 aromatic heterocycles. The molecule has 2 heterocycles. The Bertz CT molecular complexity index is 660. The Morgan fingerprint density at radius 2 is 2.32 bits per heavy atom. The third kappa shape index (κ3) is 2.81. The van der Waals surface area contributed by atoms with E-state index in [1.807, 2.05) is 0 Å². The first kappa shape index (κ1) is 12.4. The fourth-order valence-electron chi connectivity index (χ4n) is 1.36. The molecule has 0 aromatic carbocycles. The predicted octanol–water partition coefficient (Wildman–Crippen LogP) is 1.16. The molecule has 0 fully saturated rings. The molecule has 0 unspecified atom stereocenters. The van der Waals surface area contributed by atoms with Gasteiger partial charge in [-0.2, -0.15) is 10.2 Å². The fraction of sp³-hybridized carbons (Fsp3) is 0.200. The van der Waals surface area contributed by atoms with E-state index in [-0.39, 0.29) is 17.9 Å². The lowest BCUT2D eigenvalue weighted by molar-refractivity contribution is -0.385. The molecule has 0 radical (unpaired) electrons. The zero-order chi connectivity index (χ0) is 13.8. The normalized spacial score (nSPS) is 9.89. The molecule has 9 heteroatoms.